The number of esters is 1. The Balaban J connectivity index is 2.10. The molecule has 0 bridgehead atoms. The fourth-order valence-corrected chi connectivity index (χ4v) is 12.0. The molecule has 0 N–H and O–H groups in total. The van der Waals surface area contributed by atoms with Crippen LogP contribution >= 0.6 is 20.8 Å². The Morgan fingerprint density at radius 1 is 0.818 bits per heavy atom. The van der Waals surface area contributed by atoms with E-state index in [1.54, 1.807) is 12.1 Å². The Labute approximate surface area is 202 Å². The summed E-state index contributed by atoms with van der Waals surface area (Å²) < 4.78 is 5.10. The van der Waals surface area contributed by atoms with E-state index >= 15 is 0 Å². The third-order valence-corrected chi connectivity index (χ3v) is 15.5. The van der Waals surface area contributed by atoms with Crippen LogP contribution in [0.2, 0.25) is 0 Å². The fraction of sp³-hybridized carbons (Fsp3) is 0.0714. The van der Waals surface area contributed by atoms with Gasteiger partial charge < -0.3 is 0 Å². The maximum absolute atomic E-state index is 12.8. The number of carbonyl (C=O) groups excluding carboxylic acids is 1. The second-order valence-corrected chi connectivity index (χ2v) is 16.7. The first-order valence-corrected chi connectivity index (χ1v) is 14.9. The summed E-state index contributed by atoms with van der Waals surface area (Å²) >= 11 is 4.41. The van der Waals surface area contributed by atoms with Gasteiger partial charge in [0, 0.05) is 0 Å². The second-order valence-electron chi connectivity index (χ2n) is 7.79. The van der Waals surface area contributed by atoms with E-state index in [9.17, 15) is 4.79 Å². The van der Waals surface area contributed by atoms with Crippen LogP contribution < -0.4 is 15.9 Å². The van der Waals surface area contributed by atoms with E-state index in [1.807, 2.05) is 60.7 Å². The molecule has 4 rings (SSSR count). The van der Waals surface area contributed by atoms with Gasteiger partial charge in [-0.15, -0.1) is 0 Å². The number of hydrogen-bond acceptors (Lipinski definition) is 2. The molecule has 0 spiro atoms. The van der Waals surface area contributed by atoms with Gasteiger partial charge in [-0.3, -0.25) is 0 Å². The van der Waals surface area contributed by atoms with Crippen LogP contribution in [0.25, 0.3) is 4.85 Å². The summed E-state index contributed by atoms with van der Waals surface area (Å²) in [6, 6.07) is 36.5. The normalized spacial score (nSPS) is 12.2. The molecule has 0 fully saturated rings. The van der Waals surface area contributed by atoms with Crippen molar-refractivity contribution in [2.75, 3.05) is 7.11 Å². The van der Waals surface area contributed by atoms with Crippen molar-refractivity contribution in [3.8, 4) is 0 Å². The summed E-state index contributed by atoms with van der Waals surface area (Å²) in [5.74, 6) is -0.442. The fourth-order valence-electron chi connectivity index (χ4n) is 4.33. The van der Waals surface area contributed by atoms with Crippen LogP contribution in [0.3, 0.4) is 0 Å². The molecule has 33 heavy (non-hydrogen) atoms. The number of carbonyl (C=O) groups is 1. The Morgan fingerprint density at radius 2 is 1.27 bits per heavy atom. The molecule has 0 aromatic heterocycles. The van der Waals surface area contributed by atoms with Crippen molar-refractivity contribution in [2.24, 2.45) is 0 Å². The molecule has 0 unspecified atom stereocenters. The molecule has 4 aromatic rings. The van der Waals surface area contributed by atoms with Gasteiger partial charge in [-0.25, -0.2) is 0 Å². The molecular weight excluding hydrogens is 493 g/mol. The summed E-state index contributed by atoms with van der Waals surface area (Å²) in [4.78, 5) is 16.3. The quantitative estimate of drug-likeness (QED) is 0.170. The van der Waals surface area contributed by atoms with Crippen LogP contribution in [0.15, 0.2) is 109 Å². The zero-order chi connectivity index (χ0) is 23.3. The zero-order valence-corrected chi connectivity index (χ0v) is 20.7. The van der Waals surface area contributed by atoms with Gasteiger partial charge in [0.1, 0.15) is 0 Å². The Kier molecular flexibility index (Phi) is 6.47. The molecule has 0 saturated heterocycles. The number of benzene rings is 4. The van der Waals surface area contributed by atoms with Gasteiger partial charge in [0.2, 0.25) is 0 Å². The summed E-state index contributed by atoms with van der Waals surface area (Å²) in [6.07, 6.45) is 0.548. The molecule has 0 heterocycles. The molecule has 0 aliphatic carbocycles. The van der Waals surface area contributed by atoms with E-state index in [2.05, 4.69) is 56.7 Å². The Morgan fingerprint density at radius 3 is 1.67 bits per heavy atom. The molecule has 0 radical (unpaired) electrons. The minimum atomic E-state index is -3.28. The molecule has 0 saturated carbocycles. The zero-order valence-electron chi connectivity index (χ0n) is 18.2. The van der Waals surface area contributed by atoms with Gasteiger partial charge in [0.15, 0.2) is 0 Å². The van der Waals surface area contributed by atoms with Gasteiger partial charge in [-0.1, -0.05) is 0 Å². The van der Waals surface area contributed by atoms with Crippen LogP contribution in [0.1, 0.15) is 15.9 Å². The van der Waals surface area contributed by atoms with Crippen LogP contribution in [0.5, 0.6) is 0 Å². The first-order valence-electron chi connectivity index (χ1n) is 10.5. The molecule has 5 heteroatoms. The predicted molar refractivity (Wildman–Crippen MR) is 142 cm³/mol. The molecule has 3 nitrogen and oxygen atoms in total. The third kappa shape index (κ3) is 4.00. The van der Waals surface area contributed by atoms with Crippen LogP contribution in [0, 0.1) is 6.57 Å². The van der Waals surface area contributed by atoms with Crippen molar-refractivity contribution in [1.29, 1.82) is 0 Å². The molecule has 0 aliphatic rings. The average Bonchev–Trinajstić information content (AvgIpc) is 2.90. The SMILES string of the molecule is [C-]#[N+]c1ccc(CP(Br)(c2ccccc2)(c2ccccc2)c2ccccc2)c(C(=O)OC)c1. The van der Waals surface area contributed by atoms with Crippen LogP contribution in [0.4, 0.5) is 5.69 Å². The van der Waals surface area contributed by atoms with E-state index in [4.69, 9.17) is 11.3 Å². The molecule has 0 aliphatic heterocycles. The topological polar surface area (TPSA) is 30.7 Å². The van der Waals surface area contributed by atoms with E-state index in [0.717, 1.165) is 21.5 Å². The van der Waals surface area contributed by atoms with Crippen LogP contribution in [-0.2, 0) is 10.9 Å². The summed E-state index contributed by atoms with van der Waals surface area (Å²) in [6.45, 7) is 7.40. The first kappa shape index (κ1) is 22.9. The average molecular weight is 516 g/mol. The second kappa shape index (κ2) is 9.32. The Bertz CT molecular complexity index is 1220. The van der Waals surface area contributed by atoms with E-state index < -0.39 is 11.3 Å². The van der Waals surface area contributed by atoms with E-state index in [-0.39, 0.29) is 0 Å². The molecule has 0 amide bonds. The summed E-state index contributed by atoms with van der Waals surface area (Å²) in [5.41, 5.74) is 1.66. The monoisotopic (exact) mass is 515 g/mol. The number of nitrogens with zero attached hydrogens (tertiary/aromatic N) is 1. The van der Waals surface area contributed by atoms with Gasteiger partial charge in [-0.2, -0.15) is 0 Å². The molecular formula is C28H23BrNO2P. The van der Waals surface area contributed by atoms with Crippen molar-refractivity contribution in [3.63, 3.8) is 0 Å². The van der Waals surface area contributed by atoms with E-state index in [0.29, 0.717) is 17.4 Å². The summed E-state index contributed by atoms with van der Waals surface area (Å²) in [5, 5.41) is 0.198. The molecule has 0 atom stereocenters. The maximum atomic E-state index is 12.8. The van der Waals surface area contributed by atoms with Gasteiger partial charge >= 0.3 is 203 Å². The first-order chi connectivity index (χ1) is 16.0. The number of halogens is 1. The van der Waals surface area contributed by atoms with Crippen molar-refractivity contribution >= 4 is 48.4 Å². The number of methoxy groups -OCH3 is 1. The van der Waals surface area contributed by atoms with E-state index in [1.165, 1.54) is 7.11 Å². The third-order valence-electron chi connectivity index (χ3n) is 5.98. The van der Waals surface area contributed by atoms with Gasteiger partial charge in [0.25, 0.3) is 0 Å². The van der Waals surface area contributed by atoms with Gasteiger partial charge in [-0.05, 0) is 0 Å². The molecule has 4 aromatic carbocycles. The van der Waals surface area contributed by atoms with Gasteiger partial charge in [0.05, 0.1) is 0 Å². The Hall–Kier alpha value is -3.25. The van der Waals surface area contributed by atoms with Crippen molar-refractivity contribution in [1.82, 2.24) is 0 Å². The number of hydrogen-bond donors (Lipinski definition) is 0. The predicted octanol–water partition coefficient (Wildman–Crippen LogP) is 6.36. The van der Waals surface area contributed by atoms with Crippen molar-refractivity contribution < 1.29 is 9.53 Å². The summed E-state index contributed by atoms with van der Waals surface area (Å²) in [7, 11) is 1.37. The van der Waals surface area contributed by atoms with Crippen molar-refractivity contribution in [3.05, 3.63) is 132 Å². The standard InChI is InChI=1S/C28H23BrNO2P/c1-30-23-19-18-22(27(20-23)28(31)32-2)21-33(29,24-12-6-3-7-13-24,25-14-8-4-9-15-25)26-16-10-5-11-17-26/h3-20H,21H2,2H3. The number of rotatable bonds is 6. The number of ether oxygens (including phenoxy) is 1. The van der Waals surface area contributed by atoms with Crippen molar-refractivity contribution in [2.45, 2.75) is 6.16 Å². The molecule has 164 valence electrons. The van der Waals surface area contributed by atoms with Crippen LogP contribution in [-0.4, -0.2) is 13.1 Å². The minimum absolute atomic E-state index is 0.410.